The van der Waals surface area contributed by atoms with Crippen molar-refractivity contribution in [1.82, 2.24) is 10.2 Å². The Balaban J connectivity index is 2.08. The van der Waals surface area contributed by atoms with Gasteiger partial charge in [-0.1, -0.05) is 18.3 Å². The number of nitrogens with one attached hydrogen (secondary N) is 1. The highest BCUT2D eigenvalue weighted by molar-refractivity contribution is 7.92. The van der Waals surface area contributed by atoms with Crippen molar-refractivity contribution in [2.75, 3.05) is 15.4 Å². The lowest BCUT2D eigenvalue weighted by molar-refractivity contribution is -0.106. The van der Waals surface area contributed by atoms with Crippen molar-refractivity contribution in [1.29, 1.82) is 0 Å². The van der Waals surface area contributed by atoms with E-state index in [-0.39, 0.29) is 28.6 Å². The number of azo groups is 1. The number of aromatic nitrogens is 2. The number of rotatable bonds is 7. The van der Waals surface area contributed by atoms with E-state index in [4.69, 9.17) is 0 Å². The van der Waals surface area contributed by atoms with E-state index in [1.54, 1.807) is 12.1 Å². The Hall–Kier alpha value is -2.28. The van der Waals surface area contributed by atoms with Gasteiger partial charge in [-0.2, -0.15) is 13.2 Å². The molecule has 0 bridgehead atoms. The number of alkyl halides is 3. The molecule has 2 heterocycles. The van der Waals surface area contributed by atoms with Crippen LogP contribution in [0.1, 0.15) is 39.2 Å². The molecule has 0 fully saturated rings. The second kappa shape index (κ2) is 9.07. The van der Waals surface area contributed by atoms with Gasteiger partial charge >= 0.3 is 6.18 Å². The van der Waals surface area contributed by atoms with E-state index in [9.17, 15) is 21.6 Å². The molecular weight excluding hydrogens is 453 g/mol. The minimum absolute atomic E-state index is 0.0568. The molecule has 8 nitrogen and oxygen atoms in total. The standard InChI is InChI=1S/C18H23F3N6O2S2/c1-4-13-6-5-12-7-14(23-25-17-24-22-10-30-17)15(8-16(12)27(13)11(2)3)26-31(28,29)9-18(19,20)21/h7-8,10-11,13,26H,4-6,9H2,1-3H3. The van der Waals surface area contributed by atoms with Crippen LogP contribution in [0.5, 0.6) is 0 Å². The fourth-order valence-corrected chi connectivity index (χ4v) is 5.08. The third kappa shape index (κ3) is 5.91. The zero-order valence-corrected chi connectivity index (χ0v) is 18.9. The van der Waals surface area contributed by atoms with E-state index >= 15 is 0 Å². The van der Waals surface area contributed by atoms with Crippen molar-refractivity contribution in [3.05, 3.63) is 23.2 Å². The van der Waals surface area contributed by atoms with Crippen molar-refractivity contribution >= 4 is 43.6 Å². The smallest absolute Gasteiger partial charge is 0.366 e. The average molecular weight is 477 g/mol. The molecule has 0 radical (unpaired) electrons. The molecule has 2 aromatic rings. The Labute approximate surface area is 182 Å². The van der Waals surface area contributed by atoms with Crippen LogP contribution in [0.3, 0.4) is 0 Å². The third-order valence-corrected chi connectivity index (χ3v) is 6.67. The summed E-state index contributed by atoms with van der Waals surface area (Å²) in [5.74, 6) is -1.99. The van der Waals surface area contributed by atoms with Crippen LogP contribution in [-0.2, 0) is 16.4 Å². The SMILES string of the molecule is CCC1CCc2cc(N=Nc3nncs3)c(NS(=O)(=O)CC(F)(F)F)cc2N1C(C)C. The first-order valence-electron chi connectivity index (χ1n) is 9.69. The minimum atomic E-state index is -4.87. The Morgan fingerprint density at radius 2 is 2.06 bits per heavy atom. The maximum Gasteiger partial charge on any atom is 0.404 e. The highest BCUT2D eigenvalue weighted by Gasteiger charge is 2.36. The number of aryl methyl sites for hydroxylation is 1. The summed E-state index contributed by atoms with van der Waals surface area (Å²) in [5, 5.41) is 15.6. The minimum Gasteiger partial charge on any atom is -0.366 e. The molecule has 170 valence electrons. The van der Waals surface area contributed by atoms with Gasteiger partial charge in [0.1, 0.15) is 11.2 Å². The first-order valence-corrected chi connectivity index (χ1v) is 12.2. The molecule has 3 rings (SSSR count). The third-order valence-electron chi connectivity index (χ3n) is 4.85. The Morgan fingerprint density at radius 1 is 1.32 bits per heavy atom. The van der Waals surface area contributed by atoms with Gasteiger partial charge in [0.2, 0.25) is 10.0 Å². The summed E-state index contributed by atoms with van der Waals surface area (Å²) < 4.78 is 64.6. The highest BCUT2D eigenvalue weighted by atomic mass is 32.2. The summed E-state index contributed by atoms with van der Waals surface area (Å²) in [5.41, 5.74) is 3.24. The van der Waals surface area contributed by atoms with Crippen molar-refractivity contribution in [2.24, 2.45) is 10.2 Å². The van der Waals surface area contributed by atoms with Gasteiger partial charge in [0.05, 0.1) is 5.69 Å². The molecule has 0 amide bonds. The lowest BCUT2D eigenvalue weighted by atomic mass is 9.92. The molecule has 0 spiro atoms. The van der Waals surface area contributed by atoms with Gasteiger partial charge in [0.15, 0.2) is 5.75 Å². The number of anilines is 2. The van der Waals surface area contributed by atoms with Crippen LogP contribution in [0.25, 0.3) is 0 Å². The first kappa shape index (κ1) is 23.4. The number of benzene rings is 1. The normalized spacial score (nSPS) is 17.4. The summed E-state index contributed by atoms with van der Waals surface area (Å²) in [6.45, 7) is 6.12. The molecule has 1 aromatic heterocycles. The fraction of sp³-hybridized carbons (Fsp3) is 0.556. The van der Waals surface area contributed by atoms with Gasteiger partial charge in [-0.3, -0.25) is 4.72 Å². The topological polar surface area (TPSA) is 99.9 Å². The zero-order chi connectivity index (χ0) is 22.8. The quantitative estimate of drug-likeness (QED) is 0.554. The van der Waals surface area contributed by atoms with Crippen molar-refractivity contribution in [2.45, 2.75) is 58.3 Å². The van der Waals surface area contributed by atoms with Crippen LogP contribution < -0.4 is 9.62 Å². The number of hydrogen-bond donors (Lipinski definition) is 1. The van der Waals surface area contributed by atoms with E-state index in [0.29, 0.717) is 0 Å². The Bertz CT molecular complexity index is 1040. The van der Waals surface area contributed by atoms with Gasteiger partial charge in [-0.15, -0.1) is 20.4 Å². The Morgan fingerprint density at radius 3 is 2.65 bits per heavy atom. The lowest BCUT2D eigenvalue weighted by Crippen LogP contribution is -2.43. The molecule has 1 aliphatic rings. The number of fused-ring (bicyclic) bond motifs is 1. The summed E-state index contributed by atoms with van der Waals surface area (Å²) in [7, 11) is -4.69. The molecule has 1 unspecified atom stereocenters. The molecule has 0 aliphatic carbocycles. The van der Waals surface area contributed by atoms with Crippen LogP contribution in [0, 0.1) is 0 Å². The van der Waals surface area contributed by atoms with Crippen LogP contribution in [0.2, 0.25) is 0 Å². The average Bonchev–Trinajstić information content (AvgIpc) is 3.16. The second-order valence-electron chi connectivity index (χ2n) is 7.50. The summed E-state index contributed by atoms with van der Waals surface area (Å²) >= 11 is 1.13. The molecule has 1 atom stereocenters. The van der Waals surface area contributed by atoms with E-state index in [1.165, 1.54) is 5.51 Å². The molecule has 31 heavy (non-hydrogen) atoms. The van der Waals surface area contributed by atoms with Gasteiger partial charge in [-0.05, 0) is 50.8 Å². The first-order chi connectivity index (χ1) is 14.5. The molecule has 13 heteroatoms. The Kier molecular flexibility index (Phi) is 6.84. The van der Waals surface area contributed by atoms with E-state index in [0.717, 1.165) is 41.9 Å². The predicted octanol–water partition coefficient (Wildman–Crippen LogP) is 5.20. The zero-order valence-electron chi connectivity index (χ0n) is 17.2. The van der Waals surface area contributed by atoms with Crippen LogP contribution in [-0.4, -0.2) is 42.6 Å². The molecular formula is C18H23F3N6O2S2. The molecule has 0 saturated heterocycles. The maximum atomic E-state index is 12.7. The number of halogens is 3. The summed E-state index contributed by atoms with van der Waals surface area (Å²) in [6, 6.07) is 3.60. The number of hydrogen-bond acceptors (Lipinski definition) is 8. The molecule has 1 N–H and O–H groups in total. The molecule has 1 aromatic carbocycles. The summed E-state index contributed by atoms with van der Waals surface area (Å²) in [4.78, 5) is 2.17. The van der Waals surface area contributed by atoms with E-state index in [1.807, 2.05) is 13.8 Å². The van der Waals surface area contributed by atoms with Crippen LogP contribution in [0.15, 0.2) is 27.9 Å². The van der Waals surface area contributed by atoms with Crippen LogP contribution in [0.4, 0.5) is 35.4 Å². The van der Waals surface area contributed by atoms with Crippen LogP contribution >= 0.6 is 11.3 Å². The monoisotopic (exact) mass is 476 g/mol. The van der Waals surface area contributed by atoms with Gasteiger partial charge in [-0.25, -0.2) is 8.42 Å². The van der Waals surface area contributed by atoms with Crippen molar-refractivity contribution in [3.63, 3.8) is 0 Å². The predicted molar refractivity (Wildman–Crippen MR) is 114 cm³/mol. The molecule has 0 saturated carbocycles. The number of nitrogens with zero attached hydrogens (tertiary/aromatic N) is 5. The van der Waals surface area contributed by atoms with Crippen molar-refractivity contribution in [3.8, 4) is 0 Å². The van der Waals surface area contributed by atoms with E-state index < -0.39 is 22.0 Å². The van der Waals surface area contributed by atoms with Gasteiger partial charge in [0.25, 0.3) is 5.13 Å². The maximum absolute atomic E-state index is 12.7. The number of sulfonamides is 1. The largest absolute Gasteiger partial charge is 0.404 e. The molecule has 1 aliphatic heterocycles. The fourth-order valence-electron chi connectivity index (χ4n) is 3.71. The van der Waals surface area contributed by atoms with E-state index in [2.05, 4.69) is 37.0 Å². The van der Waals surface area contributed by atoms with Crippen molar-refractivity contribution < 1.29 is 21.6 Å². The summed E-state index contributed by atoms with van der Waals surface area (Å²) in [6.07, 6.45) is -2.32. The lowest BCUT2D eigenvalue weighted by Gasteiger charge is -2.42. The highest BCUT2D eigenvalue weighted by Crippen LogP contribution is 2.41. The van der Waals surface area contributed by atoms with Gasteiger partial charge < -0.3 is 4.90 Å². The van der Waals surface area contributed by atoms with Gasteiger partial charge in [0, 0.05) is 17.8 Å². The second-order valence-corrected chi connectivity index (χ2v) is 10.0.